The van der Waals surface area contributed by atoms with Crippen LogP contribution in [0.5, 0.6) is 0 Å². The molecule has 0 spiro atoms. The normalized spacial score (nSPS) is 16.5. The second kappa shape index (κ2) is 7.51. The van der Waals surface area contributed by atoms with Crippen LogP contribution in [-0.2, 0) is 14.3 Å². The smallest absolute Gasteiger partial charge is 0.355 e. The number of cyclic esters (lactones) is 1. The molecule has 1 N–H and O–H groups in total. The second-order valence-corrected chi connectivity index (χ2v) is 6.97. The first kappa shape index (κ1) is 18.5. The van der Waals surface area contributed by atoms with Crippen LogP contribution in [-0.4, -0.2) is 18.2 Å². The molecule has 1 aliphatic rings. The number of carbonyl (C=O) groups excluding carboxylic acids is 2. The quantitative estimate of drug-likeness (QED) is 0.706. The van der Waals surface area contributed by atoms with Gasteiger partial charge in [0.15, 0.2) is 5.03 Å². The maximum Gasteiger partial charge on any atom is 0.355 e. The summed E-state index contributed by atoms with van der Waals surface area (Å²) in [6.07, 6.45) is -1.24. The summed E-state index contributed by atoms with van der Waals surface area (Å²) in [7, 11) is 0. The predicted molar refractivity (Wildman–Crippen MR) is 102 cm³/mol. The van der Waals surface area contributed by atoms with Crippen molar-refractivity contribution in [1.29, 1.82) is 0 Å². The zero-order valence-corrected chi connectivity index (χ0v) is 16.3. The summed E-state index contributed by atoms with van der Waals surface area (Å²) in [6, 6.07) is 12.6. The molecule has 2 aromatic rings. The van der Waals surface area contributed by atoms with Gasteiger partial charge in [-0.2, -0.15) is 0 Å². The third kappa shape index (κ3) is 3.61. The largest absolute Gasteiger partial charge is 0.415 e. The fourth-order valence-corrected chi connectivity index (χ4v) is 3.18. The summed E-state index contributed by atoms with van der Waals surface area (Å²) in [6.45, 7) is 3.84. The van der Waals surface area contributed by atoms with E-state index in [1.54, 1.807) is 24.3 Å². The minimum atomic E-state index is -1.24. The lowest BCUT2D eigenvalue weighted by molar-refractivity contribution is -0.152. The summed E-state index contributed by atoms with van der Waals surface area (Å²) in [5.41, 5.74) is 3.21. The van der Waals surface area contributed by atoms with E-state index >= 15 is 0 Å². The summed E-state index contributed by atoms with van der Waals surface area (Å²) in [5.74, 6) is -1.38. The maximum absolute atomic E-state index is 12.4. The van der Waals surface area contributed by atoms with Gasteiger partial charge in [0, 0.05) is 10.2 Å². The number of hydrogen-bond acceptors (Lipinski definition) is 5. The van der Waals surface area contributed by atoms with Crippen molar-refractivity contribution in [3.05, 3.63) is 74.4 Å². The van der Waals surface area contributed by atoms with E-state index in [0.29, 0.717) is 10.0 Å². The lowest BCUT2D eigenvalue weighted by Crippen LogP contribution is -2.24. The number of halogens is 2. The molecule has 1 unspecified atom stereocenters. The number of carbonyl (C=O) groups is 2. The topological polar surface area (TPSA) is 64.6 Å². The highest BCUT2D eigenvalue weighted by molar-refractivity contribution is 9.10. The van der Waals surface area contributed by atoms with Gasteiger partial charge >= 0.3 is 11.9 Å². The van der Waals surface area contributed by atoms with Crippen molar-refractivity contribution >= 4 is 45.2 Å². The van der Waals surface area contributed by atoms with Crippen LogP contribution >= 0.6 is 27.5 Å². The van der Waals surface area contributed by atoms with Crippen molar-refractivity contribution in [3.63, 3.8) is 0 Å². The molecule has 2 aromatic carbocycles. The highest BCUT2D eigenvalue weighted by atomic mass is 79.9. The number of ether oxygens (including phenoxy) is 2. The highest BCUT2D eigenvalue weighted by Crippen LogP contribution is 2.31. The van der Waals surface area contributed by atoms with Crippen LogP contribution in [0.4, 0.5) is 5.69 Å². The van der Waals surface area contributed by atoms with Crippen molar-refractivity contribution in [2.75, 3.05) is 5.32 Å². The lowest BCUT2D eigenvalue weighted by Gasteiger charge is -2.18. The SMILES string of the molecule is Cc1cccc(C)c1NC1=C(Cl)C(=O)OC1OC(=O)c1ccccc1Br. The number of esters is 2. The zero-order chi connectivity index (χ0) is 18.8. The Kier molecular flexibility index (Phi) is 5.34. The van der Waals surface area contributed by atoms with E-state index in [9.17, 15) is 9.59 Å². The van der Waals surface area contributed by atoms with Gasteiger partial charge in [-0.3, -0.25) is 0 Å². The number of aryl methyl sites for hydroxylation is 2. The zero-order valence-electron chi connectivity index (χ0n) is 14.0. The second-order valence-electron chi connectivity index (χ2n) is 5.74. The molecule has 0 bridgehead atoms. The van der Waals surface area contributed by atoms with Gasteiger partial charge in [-0.15, -0.1) is 0 Å². The molecule has 3 rings (SSSR count). The molecule has 0 amide bonds. The number of nitrogens with one attached hydrogen (secondary N) is 1. The first-order valence-electron chi connectivity index (χ1n) is 7.78. The van der Waals surface area contributed by atoms with Crippen molar-refractivity contribution in [2.24, 2.45) is 0 Å². The van der Waals surface area contributed by atoms with E-state index in [4.69, 9.17) is 21.1 Å². The fraction of sp³-hybridized carbons (Fsp3) is 0.158. The van der Waals surface area contributed by atoms with Crippen LogP contribution in [0.25, 0.3) is 0 Å². The molecule has 5 nitrogen and oxygen atoms in total. The van der Waals surface area contributed by atoms with Gasteiger partial charge < -0.3 is 14.8 Å². The average Bonchev–Trinajstić information content (AvgIpc) is 2.85. The van der Waals surface area contributed by atoms with Crippen molar-refractivity contribution < 1.29 is 19.1 Å². The van der Waals surface area contributed by atoms with Gasteiger partial charge in [0.25, 0.3) is 6.29 Å². The van der Waals surface area contributed by atoms with E-state index in [1.165, 1.54) is 0 Å². The minimum absolute atomic E-state index is 0.141. The number of benzene rings is 2. The van der Waals surface area contributed by atoms with E-state index < -0.39 is 18.2 Å². The van der Waals surface area contributed by atoms with Crippen molar-refractivity contribution in [3.8, 4) is 0 Å². The van der Waals surface area contributed by atoms with Crippen molar-refractivity contribution in [2.45, 2.75) is 20.1 Å². The van der Waals surface area contributed by atoms with Gasteiger partial charge in [0.05, 0.1) is 5.56 Å². The molecule has 0 radical (unpaired) electrons. The van der Waals surface area contributed by atoms with Gasteiger partial charge in [0.2, 0.25) is 0 Å². The van der Waals surface area contributed by atoms with E-state index in [-0.39, 0.29) is 10.7 Å². The predicted octanol–water partition coefficient (Wildman–Crippen LogP) is 4.67. The average molecular weight is 437 g/mol. The van der Waals surface area contributed by atoms with Crippen LogP contribution in [0, 0.1) is 13.8 Å². The van der Waals surface area contributed by atoms with Crippen LogP contribution in [0.1, 0.15) is 21.5 Å². The van der Waals surface area contributed by atoms with E-state index in [0.717, 1.165) is 16.8 Å². The van der Waals surface area contributed by atoms with Crippen LogP contribution < -0.4 is 5.32 Å². The first-order chi connectivity index (χ1) is 12.4. The first-order valence-corrected chi connectivity index (χ1v) is 8.95. The van der Waals surface area contributed by atoms with E-state index in [2.05, 4.69) is 21.2 Å². The Balaban J connectivity index is 1.87. The van der Waals surface area contributed by atoms with Crippen LogP contribution in [0.2, 0.25) is 0 Å². The molecule has 1 heterocycles. The molecule has 0 saturated heterocycles. The molecule has 1 atom stereocenters. The van der Waals surface area contributed by atoms with Gasteiger partial charge in [-0.05, 0) is 53.0 Å². The molecule has 0 aliphatic carbocycles. The van der Waals surface area contributed by atoms with Gasteiger partial charge in [-0.1, -0.05) is 41.9 Å². The Labute approximate surface area is 164 Å². The molecule has 1 aliphatic heterocycles. The van der Waals surface area contributed by atoms with Crippen LogP contribution in [0.15, 0.2) is 57.7 Å². The number of hydrogen-bond donors (Lipinski definition) is 1. The molecule has 0 saturated carbocycles. The van der Waals surface area contributed by atoms with Crippen molar-refractivity contribution in [1.82, 2.24) is 0 Å². The number of para-hydroxylation sites is 1. The molecule has 0 aromatic heterocycles. The molecular weight excluding hydrogens is 422 g/mol. The highest BCUT2D eigenvalue weighted by Gasteiger charge is 2.37. The standard InChI is InChI=1S/C19H15BrClNO4/c1-10-6-5-7-11(2)15(10)22-16-14(21)18(24)26-19(16)25-17(23)12-8-3-4-9-13(12)20/h3-9,19,22H,1-2H3. The monoisotopic (exact) mass is 435 g/mol. The van der Waals surface area contributed by atoms with E-state index in [1.807, 2.05) is 32.0 Å². The Morgan fingerprint density at radius 2 is 1.81 bits per heavy atom. The fourth-order valence-electron chi connectivity index (χ4n) is 2.55. The minimum Gasteiger partial charge on any atom is -0.415 e. The molecule has 26 heavy (non-hydrogen) atoms. The van der Waals surface area contributed by atoms with Crippen LogP contribution in [0.3, 0.4) is 0 Å². The summed E-state index contributed by atoms with van der Waals surface area (Å²) >= 11 is 9.38. The molecule has 0 fully saturated rings. The number of rotatable bonds is 4. The third-order valence-corrected chi connectivity index (χ3v) is 4.96. The summed E-state index contributed by atoms with van der Waals surface area (Å²) in [5, 5.41) is 2.95. The maximum atomic E-state index is 12.4. The Morgan fingerprint density at radius 1 is 1.15 bits per heavy atom. The van der Waals surface area contributed by atoms with Gasteiger partial charge in [0.1, 0.15) is 5.70 Å². The molecule has 7 heteroatoms. The summed E-state index contributed by atoms with van der Waals surface area (Å²) in [4.78, 5) is 24.3. The molecular formula is C19H15BrClNO4. The van der Waals surface area contributed by atoms with Gasteiger partial charge in [-0.25, -0.2) is 9.59 Å². The Morgan fingerprint density at radius 3 is 2.46 bits per heavy atom. The Hall–Kier alpha value is -2.31. The lowest BCUT2D eigenvalue weighted by atomic mass is 10.1. The Bertz CT molecular complexity index is 905. The summed E-state index contributed by atoms with van der Waals surface area (Å²) < 4.78 is 11.0. The number of anilines is 1. The third-order valence-electron chi connectivity index (χ3n) is 3.91. The molecule has 134 valence electrons.